The molecule has 0 bridgehead atoms. The zero-order chi connectivity index (χ0) is 6.78. The minimum atomic E-state index is -3.88. The number of hydrogen-bond donors (Lipinski definition) is 1. The van der Waals surface area contributed by atoms with E-state index in [0.29, 0.717) is 0 Å². The maximum Gasteiger partial charge on any atom is 0.272 e. The molecule has 8 heavy (non-hydrogen) atoms. The van der Waals surface area contributed by atoms with Gasteiger partial charge in [-0.05, 0) is 6.92 Å². The summed E-state index contributed by atoms with van der Waals surface area (Å²) in [6, 6.07) is 0. The molecule has 0 aliphatic rings. The van der Waals surface area contributed by atoms with Gasteiger partial charge in [-0.15, -0.1) is 0 Å². The molecule has 1 N–H and O–H groups in total. The van der Waals surface area contributed by atoms with Gasteiger partial charge < -0.3 is 0 Å². The summed E-state index contributed by atoms with van der Waals surface area (Å²) in [6.45, 7) is 1.34. The first kappa shape index (κ1) is 8.39. The number of alkyl halides is 1. The van der Waals surface area contributed by atoms with E-state index in [2.05, 4.69) is 15.9 Å². The Labute approximate surface area is 57.0 Å². The minimum Gasteiger partial charge on any atom is -0.285 e. The first-order valence-electron chi connectivity index (χ1n) is 1.84. The van der Waals surface area contributed by atoms with Crippen molar-refractivity contribution < 1.29 is 13.0 Å². The third-order valence-electron chi connectivity index (χ3n) is 0.629. The van der Waals surface area contributed by atoms with Crippen molar-refractivity contribution in [2.24, 2.45) is 0 Å². The molecule has 0 heterocycles. The maximum atomic E-state index is 10.1. The molecule has 0 saturated carbocycles. The van der Waals surface area contributed by atoms with Gasteiger partial charge in [-0.1, -0.05) is 15.9 Å². The highest BCUT2D eigenvalue weighted by molar-refractivity contribution is 9.09. The van der Waals surface area contributed by atoms with Crippen LogP contribution in [0.4, 0.5) is 0 Å². The Morgan fingerprint density at radius 3 is 2.12 bits per heavy atom. The van der Waals surface area contributed by atoms with Crippen LogP contribution in [0.3, 0.4) is 0 Å². The van der Waals surface area contributed by atoms with Crippen molar-refractivity contribution in [3.8, 4) is 0 Å². The predicted octanol–water partition coefficient (Wildman–Crippen LogP) is 0.821. The topological polar surface area (TPSA) is 54.4 Å². The summed E-state index contributed by atoms with van der Waals surface area (Å²) in [7, 11) is -3.88. The molecule has 0 aromatic heterocycles. The van der Waals surface area contributed by atoms with Crippen molar-refractivity contribution in [3.63, 3.8) is 0 Å². The quantitative estimate of drug-likeness (QED) is 0.532. The van der Waals surface area contributed by atoms with Gasteiger partial charge in [0.2, 0.25) is 0 Å². The van der Waals surface area contributed by atoms with E-state index in [1.54, 1.807) is 0 Å². The molecule has 49 valence electrons. The molecule has 0 unspecified atom stereocenters. The van der Waals surface area contributed by atoms with E-state index in [-0.39, 0.29) is 10.6 Å². The van der Waals surface area contributed by atoms with Crippen LogP contribution in [0.15, 0.2) is 0 Å². The van der Waals surface area contributed by atoms with Crippen LogP contribution in [0.25, 0.3) is 0 Å². The molecule has 0 spiro atoms. The van der Waals surface area contributed by atoms with E-state index in [9.17, 15) is 8.42 Å². The van der Waals surface area contributed by atoms with Crippen LogP contribution in [0.1, 0.15) is 6.92 Å². The number of hydrogen-bond acceptors (Lipinski definition) is 2. The fourth-order valence-corrected chi connectivity index (χ4v) is 1.07. The lowest BCUT2D eigenvalue weighted by Crippen LogP contribution is -2.08. The highest BCUT2D eigenvalue weighted by Gasteiger charge is 2.15. The second kappa shape index (κ2) is 2.80. The second-order valence-electron chi connectivity index (χ2n) is 1.31. The van der Waals surface area contributed by atoms with Crippen LogP contribution >= 0.6 is 15.9 Å². The Kier molecular flexibility index (Phi) is 2.93. The van der Waals surface area contributed by atoms with Gasteiger partial charge in [0.1, 0.15) is 5.25 Å². The second-order valence-corrected chi connectivity index (χ2v) is 3.52. The summed E-state index contributed by atoms with van der Waals surface area (Å²) in [5.41, 5.74) is 0. The zero-order valence-electron chi connectivity index (χ0n) is 4.26. The molecule has 0 amide bonds. The molecule has 0 saturated heterocycles. The Bertz CT molecular complexity index is 150. The van der Waals surface area contributed by atoms with Crippen LogP contribution < -0.4 is 0 Å². The standard InChI is InChI=1S/C3H6BrO3S/c1-3(2-4)8(5,6)7/h2H2,1H3,(H,5,6,7). The summed E-state index contributed by atoms with van der Waals surface area (Å²) in [5, 5.41) is 0.212. The van der Waals surface area contributed by atoms with Crippen LogP contribution in [0.5, 0.6) is 0 Å². The Morgan fingerprint density at radius 1 is 1.75 bits per heavy atom. The number of rotatable bonds is 2. The maximum absolute atomic E-state index is 10.1. The van der Waals surface area contributed by atoms with Crippen molar-refractivity contribution in [1.82, 2.24) is 0 Å². The first-order valence-corrected chi connectivity index (χ1v) is 4.40. The van der Waals surface area contributed by atoms with Crippen molar-refractivity contribution in [2.75, 3.05) is 5.33 Å². The lowest BCUT2D eigenvalue weighted by molar-refractivity contribution is 0.485. The lowest BCUT2D eigenvalue weighted by atomic mass is 10.6. The number of halogens is 1. The van der Waals surface area contributed by atoms with E-state index in [1.807, 2.05) is 0 Å². The smallest absolute Gasteiger partial charge is 0.272 e. The van der Waals surface area contributed by atoms with Crippen molar-refractivity contribution in [2.45, 2.75) is 6.92 Å². The fourth-order valence-electron chi connectivity index (χ4n) is 0.0689. The highest BCUT2D eigenvalue weighted by Crippen LogP contribution is 2.08. The molecule has 3 nitrogen and oxygen atoms in total. The van der Waals surface area contributed by atoms with Gasteiger partial charge in [0.05, 0.1) is 0 Å². The molecule has 0 aliphatic carbocycles. The molecule has 0 rings (SSSR count). The van der Waals surface area contributed by atoms with Gasteiger partial charge in [0.15, 0.2) is 0 Å². The summed E-state index contributed by atoms with van der Waals surface area (Å²) in [6.07, 6.45) is 0. The van der Waals surface area contributed by atoms with E-state index < -0.39 is 10.1 Å². The fraction of sp³-hybridized carbons (Fsp3) is 0.667. The van der Waals surface area contributed by atoms with Gasteiger partial charge in [-0.25, -0.2) is 0 Å². The van der Waals surface area contributed by atoms with E-state index in [0.717, 1.165) is 0 Å². The molecule has 1 radical (unpaired) electrons. The van der Waals surface area contributed by atoms with Crippen molar-refractivity contribution in [1.29, 1.82) is 0 Å². The summed E-state index contributed by atoms with van der Waals surface area (Å²) in [5.74, 6) is 0. The Balaban J connectivity index is 4.04. The Morgan fingerprint density at radius 2 is 2.12 bits per heavy atom. The summed E-state index contributed by atoms with van der Waals surface area (Å²) < 4.78 is 28.3. The molecule has 0 atom stereocenters. The average molecular weight is 202 g/mol. The SMILES string of the molecule is C[C](CBr)S(=O)(=O)O. The molecule has 0 aromatic carbocycles. The third kappa shape index (κ3) is 2.64. The molecule has 0 aromatic rings. The predicted molar refractivity (Wildman–Crippen MR) is 34.3 cm³/mol. The normalized spacial score (nSPS) is 12.5. The van der Waals surface area contributed by atoms with Crippen LogP contribution in [-0.4, -0.2) is 18.3 Å². The zero-order valence-corrected chi connectivity index (χ0v) is 6.66. The molecule has 0 fully saturated rings. The van der Waals surface area contributed by atoms with E-state index in [1.165, 1.54) is 6.92 Å². The van der Waals surface area contributed by atoms with E-state index >= 15 is 0 Å². The molecule has 0 aliphatic heterocycles. The van der Waals surface area contributed by atoms with Gasteiger partial charge in [-0.2, -0.15) is 8.42 Å². The van der Waals surface area contributed by atoms with Crippen molar-refractivity contribution in [3.05, 3.63) is 5.25 Å². The lowest BCUT2D eigenvalue weighted by Gasteiger charge is -1.98. The molecule has 5 heteroatoms. The highest BCUT2D eigenvalue weighted by atomic mass is 79.9. The van der Waals surface area contributed by atoms with Gasteiger partial charge in [0.25, 0.3) is 10.1 Å². The monoisotopic (exact) mass is 201 g/mol. The van der Waals surface area contributed by atoms with Crippen LogP contribution in [-0.2, 0) is 10.1 Å². The third-order valence-corrected chi connectivity index (χ3v) is 2.87. The Hall–Kier alpha value is 0.390. The average Bonchev–Trinajstić information content (AvgIpc) is 1.62. The van der Waals surface area contributed by atoms with Crippen LogP contribution in [0, 0.1) is 5.25 Å². The first-order chi connectivity index (χ1) is 3.48. The van der Waals surface area contributed by atoms with Crippen molar-refractivity contribution >= 4 is 26.0 Å². The summed E-state index contributed by atoms with van der Waals surface area (Å²) >= 11 is 2.87. The van der Waals surface area contributed by atoms with Gasteiger partial charge in [0, 0.05) is 5.33 Å². The van der Waals surface area contributed by atoms with E-state index in [4.69, 9.17) is 4.55 Å². The molecular weight excluding hydrogens is 196 g/mol. The largest absolute Gasteiger partial charge is 0.285 e. The van der Waals surface area contributed by atoms with Gasteiger partial charge >= 0.3 is 0 Å². The van der Waals surface area contributed by atoms with Crippen LogP contribution in [0.2, 0.25) is 0 Å². The van der Waals surface area contributed by atoms with Gasteiger partial charge in [-0.3, -0.25) is 4.55 Å². The summed E-state index contributed by atoms with van der Waals surface area (Å²) in [4.78, 5) is 0. The minimum absolute atomic E-state index is 0.0255. The molecular formula is C3H6BrO3S.